The summed E-state index contributed by atoms with van der Waals surface area (Å²) in [5.74, 6) is 0.960. The van der Waals surface area contributed by atoms with Gasteiger partial charge in [-0.05, 0) is 12.1 Å². The SMILES string of the molecule is N=C(N)CCSc1nnc2ccccn12. The molecule has 0 spiro atoms. The predicted molar refractivity (Wildman–Crippen MR) is 60.2 cm³/mol. The molecule has 0 aliphatic heterocycles. The Morgan fingerprint density at radius 2 is 2.33 bits per heavy atom. The molecule has 0 saturated carbocycles. The maximum atomic E-state index is 7.11. The van der Waals surface area contributed by atoms with Crippen LogP contribution in [0.5, 0.6) is 0 Å². The Morgan fingerprint density at radius 3 is 3.13 bits per heavy atom. The molecule has 5 nitrogen and oxygen atoms in total. The average Bonchev–Trinajstić information content (AvgIpc) is 2.62. The standard InChI is InChI=1S/C9H11N5S/c10-7(11)4-6-15-9-13-12-8-3-1-2-5-14(8)9/h1-3,5H,4,6H2,(H3,10,11). The van der Waals surface area contributed by atoms with E-state index in [1.807, 2.05) is 28.8 Å². The zero-order chi connectivity index (χ0) is 10.7. The first-order valence-electron chi connectivity index (χ1n) is 4.53. The van der Waals surface area contributed by atoms with Crippen molar-refractivity contribution >= 4 is 23.2 Å². The van der Waals surface area contributed by atoms with Gasteiger partial charge in [-0.15, -0.1) is 10.2 Å². The molecule has 0 radical (unpaired) electrons. The van der Waals surface area contributed by atoms with Gasteiger partial charge >= 0.3 is 0 Å². The first-order chi connectivity index (χ1) is 7.27. The lowest BCUT2D eigenvalue weighted by molar-refractivity contribution is 0.920. The molecule has 2 rings (SSSR count). The molecule has 2 heterocycles. The van der Waals surface area contributed by atoms with E-state index in [0.717, 1.165) is 16.6 Å². The fourth-order valence-electron chi connectivity index (χ4n) is 1.17. The Hall–Kier alpha value is -1.56. The van der Waals surface area contributed by atoms with Crippen molar-refractivity contribution in [2.45, 2.75) is 11.6 Å². The summed E-state index contributed by atoms with van der Waals surface area (Å²) >= 11 is 1.55. The van der Waals surface area contributed by atoms with Gasteiger partial charge in [0.2, 0.25) is 0 Å². The van der Waals surface area contributed by atoms with E-state index in [1.54, 1.807) is 11.8 Å². The van der Waals surface area contributed by atoms with E-state index in [1.165, 1.54) is 0 Å². The highest BCUT2D eigenvalue weighted by Crippen LogP contribution is 2.16. The maximum Gasteiger partial charge on any atom is 0.195 e. The minimum Gasteiger partial charge on any atom is -0.388 e. The van der Waals surface area contributed by atoms with E-state index in [9.17, 15) is 0 Å². The van der Waals surface area contributed by atoms with Gasteiger partial charge in [0.05, 0.1) is 5.84 Å². The molecule has 0 saturated heterocycles. The van der Waals surface area contributed by atoms with Crippen LogP contribution in [0.1, 0.15) is 6.42 Å². The number of fused-ring (bicyclic) bond motifs is 1. The van der Waals surface area contributed by atoms with Crippen LogP contribution in [0.4, 0.5) is 0 Å². The van der Waals surface area contributed by atoms with Crippen LogP contribution in [0, 0.1) is 5.41 Å². The number of hydrogen-bond acceptors (Lipinski definition) is 4. The quantitative estimate of drug-likeness (QED) is 0.461. The molecule has 0 aliphatic carbocycles. The summed E-state index contributed by atoms with van der Waals surface area (Å²) in [7, 11) is 0. The van der Waals surface area contributed by atoms with Crippen molar-refractivity contribution in [1.82, 2.24) is 14.6 Å². The summed E-state index contributed by atoms with van der Waals surface area (Å²) in [6.07, 6.45) is 2.50. The number of nitrogens with zero attached hydrogens (tertiary/aromatic N) is 3. The zero-order valence-corrected chi connectivity index (χ0v) is 8.87. The fraction of sp³-hybridized carbons (Fsp3) is 0.222. The van der Waals surface area contributed by atoms with Crippen LogP contribution in [0.15, 0.2) is 29.6 Å². The predicted octanol–water partition coefficient (Wildman–Crippen LogP) is 1.15. The van der Waals surface area contributed by atoms with Crippen LogP contribution in [-0.4, -0.2) is 26.2 Å². The van der Waals surface area contributed by atoms with E-state index in [2.05, 4.69) is 10.2 Å². The third-order valence-corrected chi connectivity index (χ3v) is 2.83. The highest BCUT2D eigenvalue weighted by atomic mass is 32.2. The highest BCUT2D eigenvalue weighted by Gasteiger charge is 2.04. The van der Waals surface area contributed by atoms with Crippen molar-refractivity contribution in [1.29, 1.82) is 5.41 Å². The number of aromatic nitrogens is 3. The van der Waals surface area contributed by atoms with Crippen molar-refractivity contribution in [3.8, 4) is 0 Å². The minimum atomic E-state index is 0.205. The van der Waals surface area contributed by atoms with Gasteiger partial charge in [-0.2, -0.15) is 0 Å². The molecule has 0 aliphatic rings. The second kappa shape index (κ2) is 4.31. The molecule has 78 valence electrons. The number of thioether (sulfide) groups is 1. The minimum absolute atomic E-state index is 0.205. The number of pyridine rings is 1. The molecular formula is C9H11N5S. The summed E-state index contributed by atoms with van der Waals surface area (Å²) in [4.78, 5) is 0. The van der Waals surface area contributed by atoms with Gasteiger partial charge in [-0.25, -0.2) is 0 Å². The van der Waals surface area contributed by atoms with Crippen molar-refractivity contribution in [2.75, 3.05) is 5.75 Å². The van der Waals surface area contributed by atoms with Crippen LogP contribution in [0.3, 0.4) is 0 Å². The third-order valence-electron chi connectivity index (χ3n) is 1.89. The summed E-state index contributed by atoms with van der Waals surface area (Å²) in [5, 5.41) is 16.0. The van der Waals surface area contributed by atoms with Gasteiger partial charge < -0.3 is 5.73 Å². The lowest BCUT2D eigenvalue weighted by Crippen LogP contribution is -2.09. The van der Waals surface area contributed by atoms with Gasteiger partial charge in [-0.3, -0.25) is 9.81 Å². The number of nitrogens with two attached hydrogens (primary N) is 1. The molecule has 0 bridgehead atoms. The van der Waals surface area contributed by atoms with Gasteiger partial charge in [0.25, 0.3) is 0 Å². The van der Waals surface area contributed by atoms with Crippen molar-refractivity contribution < 1.29 is 0 Å². The summed E-state index contributed by atoms with van der Waals surface area (Å²) < 4.78 is 1.92. The van der Waals surface area contributed by atoms with E-state index in [0.29, 0.717) is 6.42 Å². The maximum absolute atomic E-state index is 7.11. The molecule has 0 aromatic carbocycles. The van der Waals surface area contributed by atoms with Crippen LogP contribution < -0.4 is 5.73 Å². The topological polar surface area (TPSA) is 80.1 Å². The van der Waals surface area contributed by atoms with Crippen LogP contribution >= 0.6 is 11.8 Å². The lowest BCUT2D eigenvalue weighted by Gasteiger charge is -1.98. The molecule has 15 heavy (non-hydrogen) atoms. The number of rotatable bonds is 4. The van der Waals surface area contributed by atoms with E-state index >= 15 is 0 Å². The molecule has 0 unspecified atom stereocenters. The molecule has 2 aromatic heterocycles. The van der Waals surface area contributed by atoms with Crippen LogP contribution in [-0.2, 0) is 0 Å². The van der Waals surface area contributed by atoms with Crippen molar-refractivity contribution in [3.05, 3.63) is 24.4 Å². The van der Waals surface area contributed by atoms with Crippen molar-refractivity contribution in [2.24, 2.45) is 5.73 Å². The summed E-state index contributed by atoms with van der Waals surface area (Å²) in [6, 6.07) is 5.77. The second-order valence-electron chi connectivity index (χ2n) is 3.04. The van der Waals surface area contributed by atoms with Gasteiger partial charge in [0.15, 0.2) is 10.8 Å². The van der Waals surface area contributed by atoms with Gasteiger partial charge in [-0.1, -0.05) is 17.8 Å². The Labute approximate surface area is 91.2 Å². The molecule has 6 heteroatoms. The fourth-order valence-corrected chi connectivity index (χ4v) is 2.07. The Kier molecular flexibility index (Phi) is 2.86. The van der Waals surface area contributed by atoms with E-state index < -0.39 is 0 Å². The monoisotopic (exact) mass is 221 g/mol. The van der Waals surface area contributed by atoms with Gasteiger partial charge in [0.1, 0.15) is 0 Å². The molecule has 0 fully saturated rings. The number of hydrogen-bond donors (Lipinski definition) is 2. The van der Waals surface area contributed by atoms with Gasteiger partial charge in [0, 0.05) is 18.4 Å². The largest absolute Gasteiger partial charge is 0.388 e. The Balaban J connectivity index is 2.11. The highest BCUT2D eigenvalue weighted by molar-refractivity contribution is 7.99. The van der Waals surface area contributed by atoms with Crippen molar-refractivity contribution in [3.63, 3.8) is 0 Å². The Bertz CT molecular complexity index is 478. The number of amidine groups is 1. The Morgan fingerprint density at radius 1 is 1.47 bits per heavy atom. The number of nitrogens with one attached hydrogen (secondary N) is 1. The smallest absolute Gasteiger partial charge is 0.195 e. The molecule has 0 amide bonds. The molecule has 3 N–H and O–H groups in total. The molecule has 0 atom stereocenters. The van der Waals surface area contributed by atoms with E-state index in [-0.39, 0.29) is 5.84 Å². The summed E-state index contributed by atoms with van der Waals surface area (Å²) in [6.45, 7) is 0. The second-order valence-corrected chi connectivity index (χ2v) is 4.10. The third kappa shape index (κ3) is 2.27. The summed E-state index contributed by atoms with van der Waals surface area (Å²) in [5.41, 5.74) is 6.11. The first kappa shape index (κ1) is 9.97. The lowest BCUT2D eigenvalue weighted by atomic mass is 10.5. The molecule has 2 aromatic rings. The zero-order valence-electron chi connectivity index (χ0n) is 8.05. The normalized spacial score (nSPS) is 10.7. The van der Waals surface area contributed by atoms with E-state index in [4.69, 9.17) is 11.1 Å². The first-order valence-corrected chi connectivity index (χ1v) is 5.51. The molecular weight excluding hydrogens is 210 g/mol. The van der Waals surface area contributed by atoms with Crippen LogP contribution in [0.2, 0.25) is 0 Å². The van der Waals surface area contributed by atoms with Crippen LogP contribution in [0.25, 0.3) is 5.65 Å². The average molecular weight is 221 g/mol.